The van der Waals surface area contributed by atoms with E-state index in [0.717, 1.165) is 4.57 Å². The number of hydrogen-bond donors (Lipinski definition) is 2. The van der Waals surface area contributed by atoms with Crippen LogP contribution in [0, 0.1) is 0 Å². The largest absolute Gasteiger partial charge is 0.329 e. The third kappa shape index (κ3) is 1.70. The molecule has 2 aromatic rings. The molecule has 0 fully saturated rings. The number of H-pyrrole nitrogens is 1. The van der Waals surface area contributed by atoms with Crippen LogP contribution in [0.2, 0.25) is 0 Å². The number of fused-ring (bicyclic) bond motifs is 1. The number of rotatable bonds is 2. The highest BCUT2D eigenvalue weighted by Gasteiger charge is 2.08. The first-order valence-electron chi connectivity index (χ1n) is 4.76. The number of halogens is 1. The number of nitrogens with one attached hydrogen (secondary N) is 1. The van der Waals surface area contributed by atoms with Crippen LogP contribution in [0.1, 0.15) is 0 Å². The molecule has 0 bridgehead atoms. The summed E-state index contributed by atoms with van der Waals surface area (Å²) in [4.78, 5) is 26.3. The van der Waals surface area contributed by atoms with Gasteiger partial charge >= 0.3 is 5.69 Å². The van der Waals surface area contributed by atoms with Crippen molar-refractivity contribution in [3.05, 3.63) is 43.5 Å². The van der Waals surface area contributed by atoms with E-state index < -0.39 is 5.69 Å². The van der Waals surface area contributed by atoms with Gasteiger partial charge in [-0.3, -0.25) is 9.36 Å². The maximum Gasteiger partial charge on any atom is 0.328 e. The van der Waals surface area contributed by atoms with Crippen molar-refractivity contribution in [3.63, 3.8) is 0 Å². The van der Waals surface area contributed by atoms with Gasteiger partial charge in [-0.2, -0.15) is 0 Å². The molecule has 0 saturated carbocycles. The predicted octanol–water partition coefficient (Wildman–Crippen LogP) is 0.411. The third-order valence-corrected chi connectivity index (χ3v) is 2.97. The molecular weight excluding hydrogens is 274 g/mol. The van der Waals surface area contributed by atoms with E-state index in [0.29, 0.717) is 15.4 Å². The van der Waals surface area contributed by atoms with Gasteiger partial charge in [-0.25, -0.2) is 4.79 Å². The standard InChI is InChI=1S/C10H10BrN3O2/c11-6-2-1-3-7-8(6)9(15)14(5-4-12)10(16)13-7/h1-3H,4-5,12H2,(H,13,16). The predicted molar refractivity (Wildman–Crippen MR) is 65.6 cm³/mol. The van der Waals surface area contributed by atoms with Crippen LogP contribution in [0.15, 0.2) is 32.3 Å². The summed E-state index contributed by atoms with van der Waals surface area (Å²) in [5.74, 6) is 0. The normalized spacial score (nSPS) is 10.9. The Morgan fingerprint density at radius 3 is 2.81 bits per heavy atom. The number of benzene rings is 1. The van der Waals surface area contributed by atoms with Gasteiger partial charge in [0.25, 0.3) is 5.56 Å². The van der Waals surface area contributed by atoms with Crippen molar-refractivity contribution in [1.29, 1.82) is 0 Å². The average molecular weight is 284 g/mol. The lowest BCUT2D eigenvalue weighted by Gasteiger charge is -2.05. The quantitative estimate of drug-likeness (QED) is 0.838. The van der Waals surface area contributed by atoms with Gasteiger partial charge in [-0.15, -0.1) is 0 Å². The summed E-state index contributed by atoms with van der Waals surface area (Å²) in [5, 5.41) is 0.468. The Bertz CT molecular complexity index is 645. The smallest absolute Gasteiger partial charge is 0.328 e. The van der Waals surface area contributed by atoms with Gasteiger partial charge < -0.3 is 10.7 Å². The first-order chi connectivity index (χ1) is 7.65. The molecule has 0 unspecified atom stereocenters. The third-order valence-electron chi connectivity index (χ3n) is 2.31. The molecule has 1 aromatic carbocycles. The molecule has 0 amide bonds. The summed E-state index contributed by atoms with van der Waals surface area (Å²) in [5.41, 5.74) is 5.13. The highest BCUT2D eigenvalue weighted by molar-refractivity contribution is 9.10. The minimum Gasteiger partial charge on any atom is -0.329 e. The number of aromatic nitrogens is 2. The zero-order valence-corrected chi connectivity index (χ0v) is 9.95. The molecule has 84 valence electrons. The monoisotopic (exact) mass is 283 g/mol. The molecule has 3 N–H and O–H groups in total. The van der Waals surface area contributed by atoms with Crippen molar-refractivity contribution < 1.29 is 0 Å². The van der Waals surface area contributed by atoms with Crippen molar-refractivity contribution in [2.45, 2.75) is 6.54 Å². The Kier molecular flexibility index (Phi) is 2.93. The number of nitrogens with zero attached hydrogens (tertiary/aromatic N) is 1. The molecule has 0 saturated heterocycles. The summed E-state index contributed by atoms with van der Waals surface area (Å²) < 4.78 is 1.77. The summed E-state index contributed by atoms with van der Waals surface area (Å²) >= 11 is 3.29. The molecule has 1 heterocycles. The van der Waals surface area contributed by atoms with Crippen molar-refractivity contribution in [3.8, 4) is 0 Å². The second-order valence-corrected chi connectivity index (χ2v) is 4.19. The molecular formula is C10H10BrN3O2. The van der Waals surface area contributed by atoms with Gasteiger partial charge in [0, 0.05) is 17.6 Å². The maximum atomic E-state index is 12.0. The lowest BCUT2D eigenvalue weighted by atomic mass is 10.2. The molecule has 5 nitrogen and oxygen atoms in total. The topological polar surface area (TPSA) is 80.9 Å². The zero-order chi connectivity index (χ0) is 11.7. The van der Waals surface area contributed by atoms with Gasteiger partial charge in [0.15, 0.2) is 0 Å². The van der Waals surface area contributed by atoms with Crippen LogP contribution in [0.25, 0.3) is 10.9 Å². The second kappa shape index (κ2) is 4.23. The lowest BCUT2D eigenvalue weighted by molar-refractivity contribution is 0.646. The van der Waals surface area contributed by atoms with E-state index in [4.69, 9.17) is 5.73 Å². The van der Waals surface area contributed by atoms with Crippen LogP contribution in [0.5, 0.6) is 0 Å². The van der Waals surface area contributed by atoms with E-state index in [1.165, 1.54) is 0 Å². The maximum absolute atomic E-state index is 12.0. The molecule has 2 rings (SSSR count). The molecule has 0 aliphatic heterocycles. The fourth-order valence-electron chi connectivity index (χ4n) is 1.59. The summed E-state index contributed by atoms with van der Waals surface area (Å²) in [6, 6.07) is 5.21. The fraction of sp³-hybridized carbons (Fsp3) is 0.200. The molecule has 0 aliphatic carbocycles. The Morgan fingerprint density at radius 2 is 2.12 bits per heavy atom. The molecule has 0 atom stereocenters. The van der Waals surface area contributed by atoms with Gasteiger partial charge in [-0.05, 0) is 28.1 Å². The van der Waals surface area contributed by atoms with Crippen LogP contribution in [-0.4, -0.2) is 16.1 Å². The van der Waals surface area contributed by atoms with Crippen molar-refractivity contribution in [1.82, 2.24) is 9.55 Å². The Hall–Kier alpha value is -1.40. The van der Waals surface area contributed by atoms with Gasteiger partial charge in [0.2, 0.25) is 0 Å². The van der Waals surface area contributed by atoms with E-state index in [9.17, 15) is 9.59 Å². The Labute approximate surface area is 99.0 Å². The minimum absolute atomic E-state index is 0.214. The summed E-state index contributed by atoms with van der Waals surface area (Å²) in [7, 11) is 0. The highest BCUT2D eigenvalue weighted by atomic mass is 79.9. The van der Waals surface area contributed by atoms with Crippen molar-refractivity contribution in [2.24, 2.45) is 5.73 Å². The summed E-state index contributed by atoms with van der Waals surface area (Å²) in [6.45, 7) is 0.463. The molecule has 0 aliphatic rings. The van der Waals surface area contributed by atoms with Crippen LogP contribution in [0.4, 0.5) is 0 Å². The van der Waals surface area contributed by atoms with Gasteiger partial charge in [-0.1, -0.05) is 6.07 Å². The molecule has 1 aromatic heterocycles. The van der Waals surface area contributed by atoms with E-state index in [-0.39, 0.29) is 18.6 Å². The lowest BCUT2D eigenvalue weighted by Crippen LogP contribution is -2.37. The van der Waals surface area contributed by atoms with Gasteiger partial charge in [0.05, 0.1) is 10.9 Å². The van der Waals surface area contributed by atoms with Crippen LogP contribution in [-0.2, 0) is 6.54 Å². The van der Waals surface area contributed by atoms with Crippen molar-refractivity contribution >= 4 is 26.8 Å². The average Bonchev–Trinajstić information content (AvgIpc) is 2.24. The molecule has 0 radical (unpaired) electrons. The summed E-state index contributed by atoms with van der Waals surface area (Å²) in [6.07, 6.45) is 0. The van der Waals surface area contributed by atoms with Crippen LogP contribution in [0.3, 0.4) is 0 Å². The van der Waals surface area contributed by atoms with Crippen molar-refractivity contribution in [2.75, 3.05) is 6.54 Å². The number of hydrogen-bond acceptors (Lipinski definition) is 3. The second-order valence-electron chi connectivity index (χ2n) is 3.34. The van der Waals surface area contributed by atoms with Gasteiger partial charge in [0.1, 0.15) is 0 Å². The molecule has 6 heteroatoms. The fourth-order valence-corrected chi connectivity index (χ4v) is 2.12. The van der Waals surface area contributed by atoms with E-state index >= 15 is 0 Å². The van der Waals surface area contributed by atoms with E-state index in [2.05, 4.69) is 20.9 Å². The Morgan fingerprint density at radius 1 is 1.38 bits per heavy atom. The first kappa shape index (κ1) is 11.1. The van der Waals surface area contributed by atoms with Crippen LogP contribution >= 0.6 is 15.9 Å². The van der Waals surface area contributed by atoms with Crippen LogP contribution < -0.4 is 17.0 Å². The highest BCUT2D eigenvalue weighted by Crippen LogP contribution is 2.17. The minimum atomic E-state index is -0.430. The Balaban J connectivity index is 2.92. The number of nitrogens with two attached hydrogens (primary N) is 1. The van der Waals surface area contributed by atoms with E-state index in [1.807, 2.05) is 0 Å². The molecule has 16 heavy (non-hydrogen) atoms. The first-order valence-corrected chi connectivity index (χ1v) is 5.56. The van der Waals surface area contributed by atoms with E-state index in [1.54, 1.807) is 18.2 Å². The molecule has 0 spiro atoms. The number of aromatic amines is 1. The zero-order valence-electron chi connectivity index (χ0n) is 8.37. The SMILES string of the molecule is NCCn1c(=O)[nH]c2cccc(Br)c2c1=O.